The Morgan fingerprint density at radius 2 is 1.33 bits per heavy atom. The van der Waals surface area contributed by atoms with Gasteiger partial charge in [-0.2, -0.15) is 0 Å². The van der Waals surface area contributed by atoms with Crippen LogP contribution in [0.2, 0.25) is 0 Å². The molecule has 1 fully saturated rings. The van der Waals surface area contributed by atoms with E-state index in [1.807, 2.05) is 66.7 Å². The third kappa shape index (κ3) is 10.8. The van der Waals surface area contributed by atoms with E-state index >= 15 is 0 Å². The van der Waals surface area contributed by atoms with E-state index in [-0.39, 0.29) is 26.0 Å². The normalized spacial score (nSPS) is 16.2. The Hall–Kier alpha value is -5.03. The maximum Gasteiger partial charge on any atom is 0.338 e. The van der Waals surface area contributed by atoms with Gasteiger partial charge in [-0.3, -0.25) is 14.4 Å². The van der Waals surface area contributed by atoms with E-state index in [2.05, 4.69) is 10.6 Å². The molecule has 3 amide bonds. The fourth-order valence-electron chi connectivity index (χ4n) is 5.73. The zero-order valence-corrected chi connectivity index (χ0v) is 27.0. The number of hydrogen-bond donors (Lipinski definition) is 4. The van der Waals surface area contributed by atoms with Gasteiger partial charge in [0.15, 0.2) is 0 Å². The largest absolute Gasteiger partial charge is 0.480 e. The fraction of sp³-hybridized carbons (Fsp3) is 0.378. The summed E-state index contributed by atoms with van der Waals surface area (Å²) in [6.45, 7) is 0.457. The zero-order chi connectivity index (χ0) is 34.3. The SMILES string of the molecule is N[C@@H](CCCCOC(=O)c1ccccc1)C(=O)N[C@@H](Cc1ccccc1)C(=O)N[C@@H](Cc1ccccc1)C(=O)N1CCCC[C@@H]1C(=O)O. The molecule has 0 bridgehead atoms. The first-order valence-corrected chi connectivity index (χ1v) is 16.4. The molecule has 0 unspecified atom stereocenters. The number of carboxylic acid groups (broad SMARTS) is 1. The van der Waals surface area contributed by atoms with Crippen molar-refractivity contribution in [2.45, 2.75) is 75.5 Å². The Balaban J connectivity index is 1.41. The van der Waals surface area contributed by atoms with Crippen molar-refractivity contribution in [1.29, 1.82) is 0 Å². The number of nitrogens with one attached hydrogen (secondary N) is 2. The molecule has 0 aliphatic carbocycles. The van der Waals surface area contributed by atoms with Gasteiger partial charge < -0.3 is 31.1 Å². The second-order valence-electron chi connectivity index (χ2n) is 12.0. The summed E-state index contributed by atoms with van der Waals surface area (Å²) >= 11 is 0. The van der Waals surface area contributed by atoms with Gasteiger partial charge in [-0.05, 0) is 61.8 Å². The van der Waals surface area contributed by atoms with Crippen LogP contribution < -0.4 is 16.4 Å². The van der Waals surface area contributed by atoms with Gasteiger partial charge >= 0.3 is 11.9 Å². The molecule has 4 rings (SSSR count). The van der Waals surface area contributed by atoms with Gasteiger partial charge in [-0.1, -0.05) is 78.9 Å². The summed E-state index contributed by atoms with van der Waals surface area (Å²) in [5, 5.41) is 15.4. The van der Waals surface area contributed by atoms with Gasteiger partial charge in [0, 0.05) is 19.4 Å². The van der Waals surface area contributed by atoms with E-state index in [9.17, 15) is 29.1 Å². The van der Waals surface area contributed by atoms with Gasteiger partial charge in [-0.15, -0.1) is 0 Å². The van der Waals surface area contributed by atoms with Gasteiger partial charge in [0.25, 0.3) is 0 Å². The number of amides is 3. The number of aliphatic carboxylic acids is 1. The van der Waals surface area contributed by atoms with Crippen molar-refractivity contribution in [2.24, 2.45) is 5.73 Å². The van der Waals surface area contributed by atoms with Crippen LogP contribution in [0.1, 0.15) is 60.0 Å². The van der Waals surface area contributed by atoms with Crippen molar-refractivity contribution in [2.75, 3.05) is 13.2 Å². The summed E-state index contributed by atoms with van der Waals surface area (Å²) in [5.74, 6) is -3.08. The molecule has 1 saturated heterocycles. The molecule has 1 aliphatic rings. The molecule has 0 saturated carbocycles. The Morgan fingerprint density at radius 3 is 1.94 bits per heavy atom. The third-order valence-corrected chi connectivity index (χ3v) is 8.37. The van der Waals surface area contributed by atoms with Gasteiger partial charge in [0.1, 0.15) is 18.1 Å². The number of carbonyl (C=O) groups excluding carboxylic acids is 4. The molecule has 0 spiro atoms. The predicted octanol–water partition coefficient (Wildman–Crippen LogP) is 3.26. The molecule has 254 valence electrons. The van der Waals surface area contributed by atoms with Crippen molar-refractivity contribution in [3.63, 3.8) is 0 Å². The molecule has 3 aromatic rings. The monoisotopic (exact) mass is 656 g/mol. The molecule has 4 atom stereocenters. The van der Waals surface area contributed by atoms with E-state index in [0.717, 1.165) is 11.1 Å². The Kier molecular flexibility index (Phi) is 13.7. The third-order valence-electron chi connectivity index (χ3n) is 8.37. The number of piperidine rings is 1. The number of rotatable bonds is 16. The molecular formula is C37H44N4O7. The minimum Gasteiger partial charge on any atom is -0.480 e. The quantitative estimate of drug-likeness (QED) is 0.135. The first-order chi connectivity index (χ1) is 23.2. The van der Waals surface area contributed by atoms with Crippen molar-refractivity contribution in [1.82, 2.24) is 15.5 Å². The molecular weight excluding hydrogens is 612 g/mol. The number of carboxylic acids is 1. The Morgan fingerprint density at radius 1 is 0.771 bits per heavy atom. The van der Waals surface area contributed by atoms with Crippen molar-refractivity contribution in [3.05, 3.63) is 108 Å². The van der Waals surface area contributed by atoms with Crippen LogP contribution in [0.5, 0.6) is 0 Å². The summed E-state index contributed by atoms with van der Waals surface area (Å²) < 4.78 is 5.30. The summed E-state index contributed by atoms with van der Waals surface area (Å²) in [6, 6.07) is 23.0. The van der Waals surface area contributed by atoms with Crippen molar-refractivity contribution < 1.29 is 33.8 Å². The molecule has 0 radical (unpaired) electrons. The highest BCUT2D eigenvalue weighted by Gasteiger charge is 2.37. The van der Waals surface area contributed by atoms with Gasteiger partial charge in [0.05, 0.1) is 18.2 Å². The average molecular weight is 657 g/mol. The second kappa shape index (κ2) is 18.3. The molecule has 48 heavy (non-hydrogen) atoms. The maximum atomic E-state index is 13.9. The maximum absolute atomic E-state index is 13.9. The van der Waals surface area contributed by atoms with Crippen LogP contribution in [0, 0.1) is 0 Å². The number of esters is 1. The van der Waals surface area contributed by atoms with Gasteiger partial charge in [-0.25, -0.2) is 9.59 Å². The lowest BCUT2D eigenvalue weighted by molar-refractivity contribution is -0.153. The van der Waals surface area contributed by atoms with Crippen molar-refractivity contribution >= 4 is 29.7 Å². The number of ether oxygens (including phenoxy) is 1. The molecule has 1 aliphatic heterocycles. The highest BCUT2D eigenvalue weighted by molar-refractivity contribution is 5.94. The first kappa shape index (κ1) is 35.8. The van der Waals surface area contributed by atoms with Crippen LogP contribution >= 0.6 is 0 Å². The van der Waals surface area contributed by atoms with Gasteiger partial charge in [0.2, 0.25) is 17.7 Å². The van der Waals surface area contributed by atoms with E-state index in [4.69, 9.17) is 10.5 Å². The van der Waals surface area contributed by atoms with Crippen LogP contribution in [0.25, 0.3) is 0 Å². The number of benzene rings is 3. The zero-order valence-electron chi connectivity index (χ0n) is 27.0. The van der Waals surface area contributed by atoms with Crippen LogP contribution in [0.3, 0.4) is 0 Å². The van der Waals surface area contributed by atoms with E-state index < -0.39 is 53.8 Å². The lowest BCUT2D eigenvalue weighted by Crippen LogP contribution is -2.59. The predicted molar refractivity (Wildman–Crippen MR) is 180 cm³/mol. The standard InChI is InChI=1S/C37H44N4O7/c38-29(20-11-13-23-48-37(47)28-18-8-3-9-19-28)33(42)39-30(24-26-14-4-1-5-15-26)34(43)40-31(25-27-16-6-2-7-17-27)35(44)41-22-12-10-21-32(41)36(45)46/h1-9,14-19,29-32H,10-13,20-25,38H2,(H,39,42)(H,40,43)(H,45,46)/t29-,30-,31-,32+/m0/s1. The smallest absolute Gasteiger partial charge is 0.338 e. The lowest BCUT2D eigenvalue weighted by atomic mass is 9.98. The minimum atomic E-state index is -1.08. The highest BCUT2D eigenvalue weighted by Crippen LogP contribution is 2.20. The first-order valence-electron chi connectivity index (χ1n) is 16.4. The van der Waals surface area contributed by atoms with Crippen LogP contribution in [-0.4, -0.2) is 77.0 Å². The summed E-state index contributed by atoms with van der Waals surface area (Å²) in [4.78, 5) is 66.5. The number of unbranched alkanes of at least 4 members (excludes halogenated alkanes) is 1. The molecule has 0 aromatic heterocycles. The fourth-order valence-corrected chi connectivity index (χ4v) is 5.73. The lowest BCUT2D eigenvalue weighted by Gasteiger charge is -2.36. The number of carbonyl (C=O) groups is 5. The molecule has 11 nitrogen and oxygen atoms in total. The van der Waals surface area contributed by atoms with Crippen LogP contribution in [-0.2, 0) is 36.8 Å². The topological polar surface area (TPSA) is 168 Å². The van der Waals surface area contributed by atoms with E-state index in [1.165, 1.54) is 4.90 Å². The highest BCUT2D eigenvalue weighted by atomic mass is 16.5. The Labute approximate surface area is 280 Å². The average Bonchev–Trinajstić information content (AvgIpc) is 3.11. The summed E-state index contributed by atoms with van der Waals surface area (Å²) in [7, 11) is 0. The molecule has 11 heteroatoms. The van der Waals surface area contributed by atoms with Crippen LogP contribution in [0.4, 0.5) is 0 Å². The number of nitrogens with two attached hydrogens (primary N) is 1. The van der Waals surface area contributed by atoms with E-state index in [0.29, 0.717) is 44.1 Å². The number of likely N-dealkylation sites (tertiary alicyclic amines) is 1. The molecule has 5 N–H and O–H groups in total. The van der Waals surface area contributed by atoms with Crippen molar-refractivity contribution in [3.8, 4) is 0 Å². The molecule has 1 heterocycles. The minimum absolute atomic E-state index is 0.147. The number of hydrogen-bond acceptors (Lipinski definition) is 7. The van der Waals surface area contributed by atoms with E-state index in [1.54, 1.807) is 24.3 Å². The summed E-state index contributed by atoms with van der Waals surface area (Å²) in [5.41, 5.74) is 8.26. The van der Waals surface area contributed by atoms with Crippen LogP contribution in [0.15, 0.2) is 91.0 Å². The summed E-state index contributed by atoms with van der Waals surface area (Å²) in [6.07, 6.45) is 3.32. The molecule has 3 aromatic carbocycles. The Bertz CT molecular complexity index is 1500. The number of nitrogens with zero attached hydrogens (tertiary/aromatic N) is 1. The second-order valence-corrected chi connectivity index (χ2v) is 12.0.